The Morgan fingerprint density at radius 2 is 2.13 bits per heavy atom. The van der Waals surface area contributed by atoms with Crippen molar-refractivity contribution in [3.63, 3.8) is 0 Å². The topological polar surface area (TPSA) is 91.1 Å². The van der Waals surface area contributed by atoms with Crippen LogP contribution in [0.4, 0.5) is 16.5 Å². The number of halogens is 1. The lowest BCUT2D eigenvalue weighted by Crippen LogP contribution is -2.54. The maximum absolute atomic E-state index is 12.5. The number of hydrogen-bond donors (Lipinski definition) is 2. The highest BCUT2D eigenvalue weighted by atomic mass is 35.5. The number of aliphatic hydroxyl groups excluding tert-OH is 1. The van der Waals surface area contributed by atoms with Crippen molar-refractivity contribution in [1.29, 1.82) is 0 Å². The molecule has 9 heteroatoms. The predicted molar refractivity (Wildman–Crippen MR) is 120 cm³/mol. The first kappa shape index (κ1) is 23.4. The van der Waals surface area contributed by atoms with Gasteiger partial charge in [0, 0.05) is 42.9 Å². The lowest BCUT2D eigenvalue weighted by molar-refractivity contribution is 0.000540. The van der Waals surface area contributed by atoms with E-state index in [2.05, 4.69) is 15.2 Å². The largest absolute Gasteiger partial charge is 0.444 e. The van der Waals surface area contributed by atoms with Crippen LogP contribution in [0.25, 0.3) is 0 Å². The van der Waals surface area contributed by atoms with Crippen LogP contribution >= 0.6 is 11.6 Å². The van der Waals surface area contributed by atoms with Crippen LogP contribution < -0.4 is 5.32 Å². The number of piperazine rings is 1. The first-order valence-electron chi connectivity index (χ1n) is 10.4. The fourth-order valence-corrected chi connectivity index (χ4v) is 3.83. The molecule has 0 aliphatic carbocycles. The van der Waals surface area contributed by atoms with Gasteiger partial charge in [0.15, 0.2) is 5.76 Å². The van der Waals surface area contributed by atoms with Gasteiger partial charge in [-0.25, -0.2) is 9.78 Å². The quantitative estimate of drug-likeness (QED) is 0.701. The second kappa shape index (κ2) is 9.46. The summed E-state index contributed by atoms with van der Waals surface area (Å²) in [6, 6.07) is 4.14. The van der Waals surface area contributed by atoms with E-state index < -0.39 is 5.60 Å². The standard InChI is InChI=1S/C22H31ClN4O4/c1-14-11-26(6-7-27(14)21(29)31-22(3,4)5)12-16-8-17(23)9-19(15(16)2)25-20-24-10-18(13-28)30-20/h8-10,14,28H,6-7,11-13H2,1-5H3,(H,24,25)/t14-/m0/s1. The third-order valence-electron chi connectivity index (χ3n) is 5.16. The molecule has 8 nitrogen and oxygen atoms in total. The number of ether oxygens (including phenoxy) is 1. The van der Waals surface area contributed by atoms with Crippen LogP contribution in [0.15, 0.2) is 22.7 Å². The number of nitrogens with one attached hydrogen (secondary N) is 1. The van der Waals surface area contributed by atoms with Crippen molar-refractivity contribution in [2.24, 2.45) is 0 Å². The van der Waals surface area contributed by atoms with Crippen molar-refractivity contribution in [3.05, 3.63) is 40.2 Å². The van der Waals surface area contributed by atoms with E-state index in [1.165, 1.54) is 6.20 Å². The van der Waals surface area contributed by atoms with Gasteiger partial charge in [-0.1, -0.05) is 11.6 Å². The fourth-order valence-electron chi connectivity index (χ4n) is 3.59. The average Bonchev–Trinajstić information content (AvgIpc) is 3.11. The Labute approximate surface area is 188 Å². The Kier molecular flexibility index (Phi) is 7.13. The van der Waals surface area contributed by atoms with Gasteiger partial charge in [0.2, 0.25) is 0 Å². The van der Waals surface area contributed by atoms with Crippen molar-refractivity contribution >= 4 is 29.4 Å². The van der Waals surface area contributed by atoms with Gasteiger partial charge in [-0.3, -0.25) is 4.90 Å². The van der Waals surface area contributed by atoms with E-state index in [1.807, 2.05) is 46.8 Å². The maximum atomic E-state index is 12.5. The summed E-state index contributed by atoms with van der Waals surface area (Å²) in [4.78, 5) is 20.7. The van der Waals surface area contributed by atoms with Crippen LogP contribution in [-0.4, -0.2) is 57.3 Å². The zero-order chi connectivity index (χ0) is 22.8. The Balaban J connectivity index is 1.67. The zero-order valence-electron chi connectivity index (χ0n) is 18.7. The number of carbonyl (C=O) groups excluding carboxylic acids is 1. The van der Waals surface area contributed by atoms with Gasteiger partial charge in [0.05, 0.1) is 6.20 Å². The molecular formula is C22H31ClN4O4. The van der Waals surface area contributed by atoms with E-state index in [1.54, 1.807) is 4.90 Å². The van der Waals surface area contributed by atoms with Gasteiger partial charge in [-0.15, -0.1) is 0 Å². The molecule has 170 valence electrons. The second-order valence-electron chi connectivity index (χ2n) is 8.91. The van der Waals surface area contributed by atoms with Gasteiger partial charge < -0.3 is 24.5 Å². The van der Waals surface area contributed by atoms with Crippen LogP contribution in [0, 0.1) is 6.92 Å². The molecule has 31 heavy (non-hydrogen) atoms. The number of carbonyl (C=O) groups is 1. The minimum absolute atomic E-state index is 0.0462. The van der Waals surface area contributed by atoms with Crippen LogP contribution in [-0.2, 0) is 17.9 Å². The Bertz CT molecular complexity index is 925. The van der Waals surface area contributed by atoms with Crippen molar-refractivity contribution in [1.82, 2.24) is 14.8 Å². The molecule has 1 amide bonds. The van der Waals surface area contributed by atoms with Gasteiger partial charge in [-0.05, 0) is 57.9 Å². The molecule has 2 N–H and O–H groups in total. The van der Waals surface area contributed by atoms with Crippen LogP contribution in [0.5, 0.6) is 0 Å². The van der Waals surface area contributed by atoms with Gasteiger partial charge in [0.1, 0.15) is 12.2 Å². The molecule has 1 aromatic carbocycles. The van der Waals surface area contributed by atoms with Crippen LogP contribution in [0.1, 0.15) is 44.6 Å². The van der Waals surface area contributed by atoms with Crippen molar-refractivity contribution in [2.45, 2.75) is 59.4 Å². The SMILES string of the molecule is Cc1c(CN2CCN(C(=O)OC(C)(C)C)[C@@H](C)C2)cc(Cl)cc1Nc1ncc(CO)o1. The highest BCUT2D eigenvalue weighted by Gasteiger charge is 2.31. The summed E-state index contributed by atoms with van der Waals surface area (Å²) in [5.41, 5.74) is 2.42. The molecule has 0 radical (unpaired) electrons. The normalized spacial score (nSPS) is 17.6. The number of amides is 1. The Morgan fingerprint density at radius 3 is 2.74 bits per heavy atom. The Hall–Kier alpha value is -2.29. The number of aliphatic hydroxyl groups is 1. The number of anilines is 2. The molecule has 1 saturated heterocycles. The minimum Gasteiger partial charge on any atom is -0.444 e. The smallest absolute Gasteiger partial charge is 0.410 e. The third-order valence-corrected chi connectivity index (χ3v) is 5.38. The number of hydrogen-bond acceptors (Lipinski definition) is 7. The molecule has 1 atom stereocenters. The summed E-state index contributed by atoms with van der Waals surface area (Å²) in [6.45, 7) is 12.3. The van der Waals surface area contributed by atoms with Crippen molar-refractivity contribution in [2.75, 3.05) is 25.0 Å². The summed E-state index contributed by atoms with van der Waals surface area (Å²) >= 11 is 6.37. The number of nitrogens with zero attached hydrogens (tertiary/aromatic N) is 3. The molecule has 0 saturated carbocycles. The fraction of sp³-hybridized carbons (Fsp3) is 0.545. The summed E-state index contributed by atoms with van der Waals surface area (Å²) in [7, 11) is 0. The summed E-state index contributed by atoms with van der Waals surface area (Å²) in [6.07, 6.45) is 1.22. The van der Waals surface area contributed by atoms with E-state index in [4.69, 9.17) is 25.9 Å². The molecule has 3 rings (SSSR count). The summed E-state index contributed by atoms with van der Waals surface area (Å²) in [5, 5.41) is 12.9. The van der Waals surface area contributed by atoms with Gasteiger partial charge in [0.25, 0.3) is 6.01 Å². The number of aromatic nitrogens is 1. The van der Waals surface area contributed by atoms with E-state index >= 15 is 0 Å². The van der Waals surface area contributed by atoms with Crippen LogP contribution in [0.3, 0.4) is 0 Å². The molecule has 0 spiro atoms. The molecule has 1 aliphatic rings. The molecule has 1 aliphatic heterocycles. The predicted octanol–water partition coefficient (Wildman–Crippen LogP) is 4.31. The highest BCUT2D eigenvalue weighted by Crippen LogP contribution is 2.29. The number of rotatable bonds is 5. The molecule has 1 aromatic heterocycles. The van der Waals surface area contributed by atoms with E-state index in [9.17, 15) is 4.79 Å². The molecule has 2 heterocycles. The van der Waals surface area contributed by atoms with Gasteiger partial charge in [-0.2, -0.15) is 0 Å². The molecule has 0 unspecified atom stereocenters. The van der Waals surface area contributed by atoms with Crippen molar-refractivity contribution in [3.8, 4) is 0 Å². The highest BCUT2D eigenvalue weighted by molar-refractivity contribution is 6.31. The van der Waals surface area contributed by atoms with E-state index in [-0.39, 0.29) is 18.7 Å². The lowest BCUT2D eigenvalue weighted by Gasteiger charge is -2.40. The zero-order valence-corrected chi connectivity index (χ0v) is 19.5. The van der Waals surface area contributed by atoms with E-state index in [0.29, 0.717) is 29.9 Å². The molecule has 2 aromatic rings. The lowest BCUT2D eigenvalue weighted by atomic mass is 10.0. The minimum atomic E-state index is -0.504. The first-order valence-corrected chi connectivity index (χ1v) is 10.8. The molecule has 1 fully saturated rings. The maximum Gasteiger partial charge on any atom is 0.410 e. The molecule has 0 bridgehead atoms. The van der Waals surface area contributed by atoms with Crippen molar-refractivity contribution < 1.29 is 19.1 Å². The Morgan fingerprint density at radius 1 is 1.39 bits per heavy atom. The summed E-state index contributed by atoms with van der Waals surface area (Å²) < 4.78 is 11.0. The molecular weight excluding hydrogens is 420 g/mol. The van der Waals surface area contributed by atoms with E-state index in [0.717, 1.165) is 29.9 Å². The summed E-state index contributed by atoms with van der Waals surface area (Å²) in [5.74, 6) is 0.388. The van der Waals surface area contributed by atoms with Crippen LogP contribution in [0.2, 0.25) is 5.02 Å². The average molecular weight is 451 g/mol. The first-order chi connectivity index (χ1) is 14.6. The number of benzene rings is 1. The van der Waals surface area contributed by atoms with Gasteiger partial charge >= 0.3 is 6.09 Å². The second-order valence-corrected chi connectivity index (χ2v) is 9.35. The monoisotopic (exact) mass is 450 g/mol. The number of oxazole rings is 1. The third kappa shape index (κ3) is 6.12.